The minimum atomic E-state index is -0.488. The number of anilines is 1. The molecular formula is C21H25N7O. The van der Waals surface area contributed by atoms with Crippen molar-refractivity contribution in [1.82, 2.24) is 24.8 Å². The molecule has 3 aromatic heterocycles. The number of nitrogens with zero attached hydrogens (tertiary/aromatic N) is 6. The highest BCUT2D eigenvalue weighted by Crippen LogP contribution is 2.42. The summed E-state index contributed by atoms with van der Waals surface area (Å²) in [6, 6.07) is 6.92. The Morgan fingerprint density at radius 2 is 2.17 bits per heavy atom. The van der Waals surface area contributed by atoms with Crippen molar-refractivity contribution < 1.29 is 4.74 Å². The number of ether oxygens (including phenoxy) is 1. The summed E-state index contributed by atoms with van der Waals surface area (Å²) in [4.78, 5) is 6.92. The van der Waals surface area contributed by atoms with Crippen LogP contribution in [0.2, 0.25) is 0 Å². The van der Waals surface area contributed by atoms with Crippen LogP contribution in [-0.4, -0.2) is 50.6 Å². The zero-order chi connectivity index (χ0) is 19.8. The van der Waals surface area contributed by atoms with Crippen LogP contribution in [0.4, 0.5) is 5.82 Å². The lowest BCUT2D eigenvalue weighted by molar-refractivity contribution is 0.0984. The average molecular weight is 391 g/mol. The van der Waals surface area contributed by atoms with E-state index in [-0.39, 0.29) is 6.04 Å². The summed E-state index contributed by atoms with van der Waals surface area (Å²) in [5.41, 5.74) is 2.27. The third-order valence-electron chi connectivity index (χ3n) is 6.33. The topological polar surface area (TPSA) is 95.1 Å². The molecule has 3 aromatic rings. The first-order valence-corrected chi connectivity index (χ1v) is 10.4. The van der Waals surface area contributed by atoms with Gasteiger partial charge < -0.3 is 9.64 Å². The maximum Gasteiger partial charge on any atom is 0.179 e. The van der Waals surface area contributed by atoms with Gasteiger partial charge in [0.2, 0.25) is 0 Å². The lowest BCUT2D eigenvalue weighted by atomic mass is 9.70. The van der Waals surface area contributed by atoms with Crippen molar-refractivity contribution in [2.45, 2.75) is 50.5 Å². The van der Waals surface area contributed by atoms with Crippen LogP contribution in [-0.2, 0) is 10.2 Å². The van der Waals surface area contributed by atoms with Crippen LogP contribution in [0.15, 0.2) is 24.5 Å². The number of aromatic nitrogens is 5. The van der Waals surface area contributed by atoms with Gasteiger partial charge in [-0.1, -0.05) is 19.3 Å². The Labute approximate surface area is 169 Å². The minimum Gasteiger partial charge on any atom is -0.377 e. The first kappa shape index (κ1) is 18.1. The van der Waals surface area contributed by atoms with E-state index in [1.165, 1.54) is 6.42 Å². The third kappa shape index (κ3) is 2.97. The van der Waals surface area contributed by atoms with Crippen molar-refractivity contribution in [3.63, 3.8) is 0 Å². The van der Waals surface area contributed by atoms with E-state index >= 15 is 0 Å². The number of morpholine rings is 1. The monoisotopic (exact) mass is 391 g/mol. The van der Waals surface area contributed by atoms with Crippen LogP contribution in [0.5, 0.6) is 0 Å². The van der Waals surface area contributed by atoms with E-state index in [9.17, 15) is 5.26 Å². The Morgan fingerprint density at radius 3 is 2.90 bits per heavy atom. The average Bonchev–Trinajstić information content (AvgIpc) is 3.43. The molecule has 1 saturated carbocycles. The number of aromatic amines is 1. The fraction of sp³-hybridized carbons (Fsp3) is 0.524. The second kappa shape index (κ2) is 7.16. The first-order chi connectivity index (χ1) is 14.2. The zero-order valence-corrected chi connectivity index (χ0v) is 16.6. The van der Waals surface area contributed by atoms with Crippen LogP contribution >= 0.6 is 0 Å². The molecule has 0 unspecified atom stereocenters. The van der Waals surface area contributed by atoms with Gasteiger partial charge in [-0.15, -0.1) is 5.10 Å². The molecule has 2 aliphatic rings. The summed E-state index contributed by atoms with van der Waals surface area (Å²) in [5, 5.41) is 22.3. The van der Waals surface area contributed by atoms with Gasteiger partial charge >= 0.3 is 0 Å². The van der Waals surface area contributed by atoms with E-state index in [1.54, 1.807) is 6.20 Å². The van der Waals surface area contributed by atoms with Crippen molar-refractivity contribution in [3.8, 4) is 17.6 Å². The summed E-state index contributed by atoms with van der Waals surface area (Å²) in [7, 11) is 0. The highest BCUT2D eigenvalue weighted by atomic mass is 16.5. The summed E-state index contributed by atoms with van der Waals surface area (Å²) < 4.78 is 7.50. The lowest BCUT2D eigenvalue weighted by Crippen LogP contribution is -2.44. The number of fused-ring (bicyclic) bond motifs is 1. The summed E-state index contributed by atoms with van der Waals surface area (Å²) >= 11 is 0. The van der Waals surface area contributed by atoms with Crippen LogP contribution in [0, 0.1) is 11.3 Å². The molecule has 5 rings (SSSR count). The third-order valence-corrected chi connectivity index (χ3v) is 6.33. The van der Waals surface area contributed by atoms with Crippen molar-refractivity contribution in [2.75, 3.05) is 24.7 Å². The van der Waals surface area contributed by atoms with Crippen LogP contribution < -0.4 is 4.90 Å². The maximum atomic E-state index is 10.2. The van der Waals surface area contributed by atoms with E-state index in [0.717, 1.165) is 54.8 Å². The van der Waals surface area contributed by atoms with E-state index in [1.807, 2.05) is 16.8 Å². The summed E-state index contributed by atoms with van der Waals surface area (Å²) in [6.07, 6.45) is 8.66. The van der Waals surface area contributed by atoms with E-state index in [0.29, 0.717) is 19.0 Å². The molecule has 0 bridgehead atoms. The molecule has 8 nitrogen and oxygen atoms in total. The standard InChI is InChI=1S/C21H25N7O/c1-15-13-29-10-9-27(15)19-11-16(21(14-22)6-3-2-4-7-21)18-12-23-20(28(18)26-19)17-5-8-24-25-17/h5,8,11-12,15H,2-4,6-7,9-10,13H2,1H3,(H,24,25)/t15-/m1/s1. The van der Waals surface area contributed by atoms with Crippen molar-refractivity contribution in [1.29, 1.82) is 5.26 Å². The van der Waals surface area contributed by atoms with Crippen LogP contribution in [0.25, 0.3) is 17.0 Å². The fourth-order valence-corrected chi connectivity index (χ4v) is 4.72. The van der Waals surface area contributed by atoms with Gasteiger partial charge in [-0.25, -0.2) is 9.50 Å². The Hall–Kier alpha value is -2.92. The van der Waals surface area contributed by atoms with Crippen LogP contribution in [0.3, 0.4) is 0 Å². The number of H-pyrrole nitrogens is 1. The predicted octanol–water partition coefficient (Wildman–Crippen LogP) is 3.07. The molecule has 8 heteroatoms. The maximum absolute atomic E-state index is 10.2. The van der Waals surface area contributed by atoms with Gasteiger partial charge in [-0.2, -0.15) is 10.4 Å². The molecule has 1 atom stereocenters. The Bertz CT molecular complexity index is 1040. The number of rotatable bonds is 3. The highest BCUT2D eigenvalue weighted by molar-refractivity contribution is 5.67. The Kier molecular flexibility index (Phi) is 4.47. The van der Waals surface area contributed by atoms with Gasteiger partial charge in [0.15, 0.2) is 5.82 Å². The number of nitrogens with one attached hydrogen (secondary N) is 1. The smallest absolute Gasteiger partial charge is 0.179 e. The molecular weight excluding hydrogens is 366 g/mol. The number of nitriles is 1. The van der Waals surface area contributed by atoms with Crippen LogP contribution in [0.1, 0.15) is 44.6 Å². The number of hydrogen-bond acceptors (Lipinski definition) is 6. The normalized spacial score (nSPS) is 21.9. The molecule has 1 aliphatic heterocycles. The van der Waals surface area contributed by atoms with E-state index in [2.05, 4.69) is 39.1 Å². The minimum absolute atomic E-state index is 0.227. The van der Waals surface area contributed by atoms with Gasteiger partial charge in [0.05, 0.1) is 42.5 Å². The molecule has 150 valence electrons. The first-order valence-electron chi connectivity index (χ1n) is 10.4. The van der Waals surface area contributed by atoms with E-state index < -0.39 is 5.41 Å². The predicted molar refractivity (Wildman–Crippen MR) is 109 cm³/mol. The van der Waals surface area contributed by atoms with Gasteiger partial charge in [-0.05, 0) is 31.9 Å². The summed E-state index contributed by atoms with van der Waals surface area (Å²) in [6.45, 7) is 4.29. The highest BCUT2D eigenvalue weighted by Gasteiger charge is 2.37. The van der Waals surface area contributed by atoms with Crippen molar-refractivity contribution in [3.05, 3.63) is 30.1 Å². The van der Waals surface area contributed by atoms with Gasteiger partial charge in [0.1, 0.15) is 11.5 Å². The van der Waals surface area contributed by atoms with Gasteiger partial charge in [0.25, 0.3) is 0 Å². The second-order valence-corrected chi connectivity index (χ2v) is 8.14. The number of imidazole rings is 1. The molecule has 0 aromatic carbocycles. The zero-order valence-electron chi connectivity index (χ0n) is 16.6. The Morgan fingerprint density at radius 1 is 1.31 bits per heavy atom. The summed E-state index contributed by atoms with van der Waals surface area (Å²) in [5.74, 6) is 1.59. The van der Waals surface area contributed by atoms with Gasteiger partial charge in [-0.3, -0.25) is 5.10 Å². The SMILES string of the molecule is C[C@@H]1COCCN1c1cc(C2(C#N)CCCCC2)c2cnc(-c3ccn[nH]3)n2n1. The van der Waals surface area contributed by atoms with Crippen molar-refractivity contribution in [2.24, 2.45) is 0 Å². The molecule has 29 heavy (non-hydrogen) atoms. The largest absolute Gasteiger partial charge is 0.377 e. The molecule has 1 N–H and O–H groups in total. The quantitative estimate of drug-likeness (QED) is 0.737. The van der Waals surface area contributed by atoms with Crippen molar-refractivity contribution >= 4 is 11.3 Å². The van der Waals surface area contributed by atoms with E-state index in [4.69, 9.17) is 9.84 Å². The molecule has 1 saturated heterocycles. The molecule has 2 fully saturated rings. The lowest BCUT2D eigenvalue weighted by Gasteiger charge is -2.36. The Balaban J connectivity index is 1.74. The molecule has 0 amide bonds. The fourth-order valence-electron chi connectivity index (χ4n) is 4.72. The molecule has 1 aliphatic carbocycles. The molecule has 0 radical (unpaired) electrons. The molecule has 0 spiro atoms. The van der Waals surface area contributed by atoms with Gasteiger partial charge in [0, 0.05) is 18.3 Å². The second-order valence-electron chi connectivity index (χ2n) is 8.14. The number of hydrogen-bond donors (Lipinski definition) is 1. The molecule has 4 heterocycles.